The lowest BCUT2D eigenvalue weighted by molar-refractivity contribution is -0.136. The lowest BCUT2D eigenvalue weighted by Crippen LogP contribution is -2.30. The van der Waals surface area contributed by atoms with Gasteiger partial charge in [-0.25, -0.2) is 9.59 Å². The highest BCUT2D eigenvalue weighted by Crippen LogP contribution is 2.51. The summed E-state index contributed by atoms with van der Waals surface area (Å²) in [6, 6.07) is 7.95. The van der Waals surface area contributed by atoms with Crippen molar-refractivity contribution in [3.8, 4) is 0 Å². The fourth-order valence-corrected chi connectivity index (χ4v) is 3.69. The topological polar surface area (TPSA) is 55.8 Å². The summed E-state index contributed by atoms with van der Waals surface area (Å²) in [6.07, 6.45) is 3.30. The first-order chi connectivity index (χ1) is 11.8. The minimum absolute atomic E-state index is 0.295. The van der Waals surface area contributed by atoms with Crippen molar-refractivity contribution in [3.05, 3.63) is 64.5 Å². The van der Waals surface area contributed by atoms with Gasteiger partial charge >= 0.3 is 11.9 Å². The van der Waals surface area contributed by atoms with Crippen molar-refractivity contribution in [1.82, 2.24) is 0 Å². The SMILES string of the molecule is COC(=O)C1=CC(C)=C2N(C(C(=O)OC)=C1)c1ccccc1C2(C)C. The smallest absolute Gasteiger partial charge is 0.355 e. The summed E-state index contributed by atoms with van der Waals surface area (Å²) in [4.78, 5) is 26.5. The van der Waals surface area contributed by atoms with Crippen LogP contribution in [0.4, 0.5) is 5.69 Å². The highest BCUT2D eigenvalue weighted by Gasteiger charge is 2.44. The summed E-state index contributed by atoms with van der Waals surface area (Å²) >= 11 is 0. The van der Waals surface area contributed by atoms with E-state index in [1.165, 1.54) is 20.3 Å². The molecule has 25 heavy (non-hydrogen) atoms. The molecule has 0 fully saturated rings. The quantitative estimate of drug-likeness (QED) is 0.774. The number of rotatable bonds is 2. The van der Waals surface area contributed by atoms with Crippen molar-refractivity contribution in [3.63, 3.8) is 0 Å². The second-order valence-corrected chi connectivity index (χ2v) is 6.62. The zero-order valence-corrected chi connectivity index (χ0v) is 15.0. The van der Waals surface area contributed by atoms with E-state index in [1.54, 1.807) is 6.08 Å². The zero-order chi connectivity index (χ0) is 18.4. The molecule has 1 aromatic carbocycles. The van der Waals surface area contributed by atoms with Crippen molar-refractivity contribution in [1.29, 1.82) is 0 Å². The van der Waals surface area contributed by atoms with Gasteiger partial charge in [0.25, 0.3) is 0 Å². The summed E-state index contributed by atoms with van der Waals surface area (Å²) in [5.74, 6) is -0.997. The third-order valence-electron chi connectivity index (χ3n) is 4.73. The van der Waals surface area contributed by atoms with Crippen LogP contribution in [-0.4, -0.2) is 26.2 Å². The molecule has 5 nitrogen and oxygen atoms in total. The number of anilines is 1. The third kappa shape index (κ3) is 2.47. The third-order valence-corrected chi connectivity index (χ3v) is 4.73. The second kappa shape index (κ2) is 5.92. The monoisotopic (exact) mass is 339 g/mol. The van der Waals surface area contributed by atoms with Gasteiger partial charge in [0.15, 0.2) is 0 Å². The Morgan fingerprint density at radius 1 is 1.00 bits per heavy atom. The lowest BCUT2D eigenvalue weighted by Gasteiger charge is -2.28. The summed E-state index contributed by atoms with van der Waals surface area (Å²) < 4.78 is 9.84. The summed E-state index contributed by atoms with van der Waals surface area (Å²) in [7, 11) is 2.65. The normalized spacial score (nSPS) is 17.9. The van der Waals surface area contributed by atoms with Crippen LogP contribution < -0.4 is 4.90 Å². The van der Waals surface area contributed by atoms with Gasteiger partial charge in [0.05, 0.1) is 25.5 Å². The molecule has 2 heterocycles. The van der Waals surface area contributed by atoms with Gasteiger partial charge in [0.2, 0.25) is 0 Å². The Balaban J connectivity index is 2.34. The molecule has 3 rings (SSSR count). The fraction of sp³-hybridized carbons (Fsp3) is 0.300. The Labute approximate surface area is 147 Å². The Morgan fingerprint density at radius 2 is 1.64 bits per heavy atom. The van der Waals surface area contributed by atoms with Crippen LogP contribution in [0.15, 0.2) is 59.0 Å². The van der Waals surface area contributed by atoms with Gasteiger partial charge in [0, 0.05) is 11.1 Å². The van der Waals surface area contributed by atoms with Crippen molar-refractivity contribution in [2.24, 2.45) is 0 Å². The summed E-state index contributed by atoms with van der Waals surface area (Å²) in [5.41, 5.74) is 4.17. The van der Waals surface area contributed by atoms with E-state index in [0.29, 0.717) is 11.3 Å². The van der Waals surface area contributed by atoms with Gasteiger partial charge in [-0.05, 0) is 36.3 Å². The number of nitrogens with zero attached hydrogens (tertiary/aromatic N) is 1. The number of esters is 2. The standard InChI is InChI=1S/C20H21NO4/c1-12-10-13(18(22)24-4)11-16(19(23)25-5)21-15-9-7-6-8-14(15)20(2,3)17(12)21/h6-11H,1-5H3. The molecule has 0 radical (unpaired) electrons. The van der Waals surface area contributed by atoms with Crippen LogP contribution in [0, 0.1) is 0 Å². The first-order valence-corrected chi connectivity index (χ1v) is 8.04. The van der Waals surface area contributed by atoms with E-state index in [4.69, 9.17) is 9.47 Å². The predicted octanol–water partition coefficient (Wildman–Crippen LogP) is 3.23. The molecular weight excluding hydrogens is 318 g/mol. The molecule has 0 atom stereocenters. The molecule has 5 heteroatoms. The first kappa shape index (κ1) is 17.0. The first-order valence-electron chi connectivity index (χ1n) is 8.04. The minimum Gasteiger partial charge on any atom is -0.465 e. The molecular formula is C20H21NO4. The average Bonchev–Trinajstić information content (AvgIpc) is 2.74. The molecule has 0 amide bonds. The van der Waals surface area contributed by atoms with Crippen LogP contribution in [0.5, 0.6) is 0 Å². The maximum absolute atomic E-state index is 12.5. The molecule has 2 aliphatic rings. The Morgan fingerprint density at radius 3 is 2.28 bits per heavy atom. The molecule has 0 saturated heterocycles. The highest BCUT2D eigenvalue weighted by molar-refractivity contribution is 6.01. The van der Waals surface area contributed by atoms with Gasteiger partial charge in [-0.3, -0.25) is 0 Å². The van der Waals surface area contributed by atoms with Crippen molar-refractivity contribution >= 4 is 17.6 Å². The van der Waals surface area contributed by atoms with Crippen LogP contribution in [0.25, 0.3) is 0 Å². The van der Waals surface area contributed by atoms with Crippen LogP contribution in [0.1, 0.15) is 26.3 Å². The van der Waals surface area contributed by atoms with E-state index in [2.05, 4.69) is 19.9 Å². The van der Waals surface area contributed by atoms with E-state index < -0.39 is 11.9 Å². The maximum Gasteiger partial charge on any atom is 0.355 e. The van der Waals surface area contributed by atoms with Gasteiger partial charge in [-0.1, -0.05) is 32.0 Å². The molecule has 1 aromatic rings. The van der Waals surface area contributed by atoms with Crippen molar-refractivity contribution in [2.45, 2.75) is 26.2 Å². The number of allylic oxidation sites excluding steroid dienone is 3. The fourth-order valence-electron chi connectivity index (χ4n) is 3.69. The molecule has 0 aliphatic carbocycles. The van der Waals surface area contributed by atoms with Crippen LogP contribution >= 0.6 is 0 Å². The zero-order valence-electron chi connectivity index (χ0n) is 15.0. The number of fused-ring (bicyclic) bond motifs is 3. The minimum atomic E-state index is -0.505. The van der Waals surface area contributed by atoms with Crippen LogP contribution in [-0.2, 0) is 24.5 Å². The molecule has 0 unspecified atom stereocenters. The summed E-state index contributed by atoms with van der Waals surface area (Å²) in [6.45, 7) is 6.15. The van der Waals surface area contributed by atoms with Gasteiger partial charge in [-0.2, -0.15) is 0 Å². The number of carbonyl (C=O) groups excluding carboxylic acids is 2. The Kier molecular flexibility index (Phi) is 4.03. The largest absolute Gasteiger partial charge is 0.465 e. The number of hydrogen-bond acceptors (Lipinski definition) is 5. The second-order valence-electron chi connectivity index (χ2n) is 6.62. The number of carbonyl (C=O) groups is 2. The lowest BCUT2D eigenvalue weighted by atomic mass is 9.82. The van der Waals surface area contributed by atoms with Crippen LogP contribution in [0.2, 0.25) is 0 Å². The molecule has 0 saturated carbocycles. The van der Waals surface area contributed by atoms with Gasteiger partial charge in [-0.15, -0.1) is 0 Å². The Hall–Kier alpha value is -2.82. The average molecular weight is 339 g/mol. The number of ether oxygens (including phenoxy) is 2. The number of hydrogen-bond donors (Lipinski definition) is 0. The molecule has 0 aromatic heterocycles. The highest BCUT2D eigenvalue weighted by atomic mass is 16.5. The Bertz CT molecular complexity index is 858. The van der Waals surface area contributed by atoms with E-state index >= 15 is 0 Å². The molecule has 0 N–H and O–H groups in total. The van der Waals surface area contributed by atoms with Crippen LogP contribution in [0.3, 0.4) is 0 Å². The van der Waals surface area contributed by atoms with Crippen molar-refractivity contribution in [2.75, 3.05) is 19.1 Å². The van der Waals surface area contributed by atoms with E-state index in [1.807, 2.05) is 30.0 Å². The van der Waals surface area contributed by atoms with E-state index in [-0.39, 0.29) is 5.41 Å². The van der Waals surface area contributed by atoms with Gasteiger partial charge in [0.1, 0.15) is 5.70 Å². The molecule has 0 bridgehead atoms. The number of methoxy groups -OCH3 is 2. The molecule has 0 spiro atoms. The summed E-state index contributed by atoms with van der Waals surface area (Å²) in [5, 5.41) is 0. The van der Waals surface area contributed by atoms with E-state index in [0.717, 1.165) is 22.5 Å². The van der Waals surface area contributed by atoms with Crippen molar-refractivity contribution < 1.29 is 19.1 Å². The number of benzene rings is 1. The number of para-hydroxylation sites is 1. The maximum atomic E-state index is 12.5. The predicted molar refractivity (Wildman–Crippen MR) is 94.8 cm³/mol. The molecule has 2 aliphatic heterocycles. The van der Waals surface area contributed by atoms with E-state index in [9.17, 15) is 9.59 Å². The molecule has 130 valence electrons. The van der Waals surface area contributed by atoms with Gasteiger partial charge < -0.3 is 14.4 Å².